The number of nitrogens with zero attached hydrogens (tertiary/aromatic N) is 1. The fourth-order valence-electron chi connectivity index (χ4n) is 9.85. The van der Waals surface area contributed by atoms with Crippen LogP contribution < -0.4 is 5.73 Å². The molecule has 0 spiro atoms. The molecule has 8 bridgehead atoms. The minimum absolute atomic E-state index is 0.0127. The van der Waals surface area contributed by atoms with Gasteiger partial charge in [0, 0.05) is 18.2 Å². The summed E-state index contributed by atoms with van der Waals surface area (Å²) in [4.78, 5) is 16.7. The predicted molar refractivity (Wildman–Crippen MR) is 122 cm³/mol. The lowest BCUT2D eigenvalue weighted by atomic mass is 9.47. The van der Waals surface area contributed by atoms with E-state index in [2.05, 4.69) is 4.98 Å². The molecule has 0 aromatic carbocycles. The van der Waals surface area contributed by atoms with E-state index < -0.39 is 5.60 Å². The van der Waals surface area contributed by atoms with E-state index in [4.69, 9.17) is 5.73 Å². The van der Waals surface area contributed by atoms with Gasteiger partial charge in [-0.2, -0.15) is 0 Å². The summed E-state index contributed by atoms with van der Waals surface area (Å²) in [5.74, 6) is 2.90. The average molecular weight is 439 g/mol. The third kappa shape index (κ3) is 3.84. The quantitative estimate of drug-likeness (QED) is 0.620. The second kappa shape index (κ2) is 7.10. The van der Waals surface area contributed by atoms with Gasteiger partial charge in [-0.15, -0.1) is 0 Å². The highest BCUT2D eigenvalue weighted by atomic mass is 16.3. The molecule has 1 heterocycles. The van der Waals surface area contributed by atoms with E-state index >= 15 is 0 Å². The van der Waals surface area contributed by atoms with Crippen LogP contribution in [0.25, 0.3) is 0 Å². The number of aliphatic hydroxyl groups is 2. The number of carbonyl (C=O) groups is 1. The van der Waals surface area contributed by atoms with Crippen LogP contribution in [0.1, 0.15) is 94.0 Å². The predicted octanol–water partition coefficient (Wildman–Crippen LogP) is 4.01. The lowest BCUT2D eigenvalue weighted by Crippen LogP contribution is -2.62. The number of Topliss-reactive ketones (excluding diaryl/α,β-unsaturated/α-hetero) is 1. The third-order valence-corrected chi connectivity index (χ3v) is 9.71. The molecule has 1 aromatic heterocycles. The molecule has 8 saturated carbocycles. The topological polar surface area (TPSA) is 96.4 Å². The maximum atomic E-state index is 12.5. The molecular formula is C27H38N2O3. The summed E-state index contributed by atoms with van der Waals surface area (Å²) in [5, 5.41) is 20.9. The molecule has 0 aliphatic heterocycles. The summed E-state index contributed by atoms with van der Waals surface area (Å²) >= 11 is 0. The van der Waals surface area contributed by atoms with Crippen LogP contribution >= 0.6 is 0 Å². The van der Waals surface area contributed by atoms with Gasteiger partial charge in [0.1, 0.15) is 5.69 Å². The molecule has 4 N–H and O–H groups in total. The van der Waals surface area contributed by atoms with Crippen molar-refractivity contribution in [1.29, 1.82) is 0 Å². The summed E-state index contributed by atoms with van der Waals surface area (Å²) in [7, 11) is 0. The highest BCUT2D eigenvalue weighted by Crippen LogP contribution is 2.63. The molecule has 8 aliphatic carbocycles. The summed E-state index contributed by atoms with van der Waals surface area (Å²) in [5.41, 5.74) is 6.05. The number of ketones is 1. The Hall–Kier alpha value is -1.30. The van der Waals surface area contributed by atoms with Crippen LogP contribution in [-0.4, -0.2) is 37.7 Å². The molecule has 174 valence electrons. The molecule has 32 heavy (non-hydrogen) atoms. The largest absolute Gasteiger partial charge is 0.390 e. The maximum Gasteiger partial charge on any atom is 0.181 e. The van der Waals surface area contributed by atoms with Crippen LogP contribution in [0.15, 0.2) is 24.4 Å². The van der Waals surface area contributed by atoms with Gasteiger partial charge in [-0.05, 0) is 118 Å². The summed E-state index contributed by atoms with van der Waals surface area (Å²) < 4.78 is 0. The second-order valence-corrected chi connectivity index (χ2v) is 13.0. The first kappa shape index (κ1) is 21.2. The number of nitrogens with two attached hydrogens (primary N) is 1. The smallest absolute Gasteiger partial charge is 0.181 e. The van der Waals surface area contributed by atoms with Gasteiger partial charge in [-0.3, -0.25) is 9.78 Å². The minimum Gasteiger partial charge on any atom is -0.390 e. The van der Waals surface area contributed by atoms with Crippen molar-refractivity contribution < 1.29 is 15.0 Å². The second-order valence-electron chi connectivity index (χ2n) is 13.0. The molecule has 4 unspecified atom stereocenters. The number of carbonyl (C=O) groups excluding carboxylic acids is 1. The van der Waals surface area contributed by atoms with E-state index in [1.54, 1.807) is 12.3 Å². The fraction of sp³-hybridized carbons (Fsp3) is 0.778. The van der Waals surface area contributed by atoms with E-state index in [0.29, 0.717) is 24.0 Å². The van der Waals surface area contributed by atoms with E-state index in [9.17, 15) is 15.0 Å². The van der Waals surface area contributed by atoms with Crippen molar-refractivity contribution in [2.45, 2.75) is 100 Å². The zero-order chi connectivity index (χ0) is 22.2. The number of aromatic nitrogens is 1. The molecule has 9 rings (SSSR count). The van der Waals surface area contributed by atoms with Crippen molar-refractivity contribution in [1.82, 2.24) is 4.98 Å². The Morgan fingerprint density at radius 2 is 1.44 bits per heavy atom. The minimum atomic E-state index is -0.478. The van der Waals surface area contributed by atoms with Gasteiger partial charge in [-0.1, -0.05) is 6.07 Å². The van der Waals surface area contributed by atoms with Crippen molar-refractivity contribution in [3.63, 3.8) is 0 Å². The first-order valence-electron chi connectivity index (χ1n) is 12.8. The van der Waals surface area contributed by atoms with Crippen LogP contribution in [0.2, 0.25) is 0 Å². The normalized spacial score (nSPS) is 49.6. The Morgan fingerprint density at radius 3 is 1.91 bits per heavy atom. The van der Waals surface area contributed by atoms with Gasteiger partial charge < -0.3 is 15.9 Å². The van der Waals surface area contributed by atoms with E-state index in [1.807, 2.05) is 12.1 Å². The number of hydrogen-bond donors (Lipinski definition) is 3. The monoisotopic (exact) mass is 438 g/mol. The van der Waals surface area contributed by atoms with Gasteiger partial charge in [0.25, 0.3) is 0 Å². The van der Waals surface area contributed by atoms with Crippen LogP contribution in [0, 0.1) is 29.1 Å². The van der Waals surface area contributed by atoms with Gasteiger partial charge >= 0.3 is 0 Å². The van der Waals surface area contributed by atoms with E-state index in [-0.39, 0.29) is 22.3 Å². The molecule has 5 heteroatoms. The molecule has 8 fully saturated rings. The molecule has 1 aromatic rings. The van der Waals surface area contributed by atoms with E-state index in [1.165, 1.54) is 25.7 Å². The van der Waals surface area contributed by atoms with Crippen molar-refractivity contribution in [3.8, 4) is 0 Å². The molecule has 0 saturated heterocycles. The Bertz CT molecular complexity index is 851. The SMILES string of the molecule is NC12CC3CC(C1)CC(O)(C3)C2.O=C(CC12CC3CC(CC(O)(C3)C1)C2)c1ccccn1. The van der Waals surface area contributed by atoms with Gasteiger partial charge in [0.15, 0.2) is 5.78 Å². The van der Waals surface area contributed by atoms with Crippen molar-refractivity contribution in [2.75, 3.05) is 0 Å². The Labute approximate surface area is 191 Å². The maximum absolute atomic E-state index is 12.5. The van der Waals surface area contributed by atoms with Gasteiger partial charge in [0.2, 0.25) is 0 Å². The Balaban J connectivity index is 0.000000138. The Morgan fingerprint density at radius 1 is 0.875 bits per heavy atom. The van der Waals surface area contributed by atoms with Crippen LogP contribution in [0.3, 0.4) is 0 Å². The Kier molecular flexibility index (Phi) is 4.71. The summed E-state index contributed by atoms with van der Waals surface area (Å²) in [6.07, 6.45) is 15.1. The molecule has 0 amide bonds. The van der Waals surface area contributed by atoms with E-state index in [0.717, 1.165) is 63.2 Å². The van der Waals surface area contributed by atoms with Crippen molar-refractivity contribution in [3.05, 3.63) is 30.1 Å². The molecule has 0 radical (unpaired) electrons. The third-order valence-electron chi connectivity index (χ3n) is 9.71. The average Bonchev–Trinajstić information content (AvgIpc) is 2.64. The first-order valence-corrected chi connectivity index (χ1v) is 12.8. The molecular weight excluding hydrogens is 400 g/mol. The van der Waals surface area contributed by atoms with Gasteiger partial charge in [-0.25, -0.2) is 0 Å². The first-order chi connectivity index (χ1) is 15.1. The molecule has 8 aliphatic rings. The highest BCUT2D eigenvalue weighted by molar-refractivity contribution is 5.94. The van der Waals surface area contributed by atoms with Crippen LogP contribution in [0.5, 0.6) is 0 Å². The summed E-state index contributed by atoms with van der Waals surface area (Å²) in [6, 6.07) is 5.51. The number of rotatable bonds is 3. The van der Waals surface area contributed by atoms with Crippen molar-refractivity contribution in [2.24, 2.45) is 34.8 Å². The lowest BCUT2D eigenvalue weighted by molar-refractivity contribution is -0.162. The zero-order valence-corrected chi connectivity index (χ0v) is 19.1. The van der Waals surface area contributed by atoms with Gasteiger partial charge in [0.05, 0.1) is 11.2 Å². The molecule has 4 atom stereocenters. The fourth-order valence-corrected chi connectivity index (χ4v) is 9.85. The van der Waals surface area contributed by atoms with Crippen molar-refractivity contribution >= 4 is 5.78 Å². The standard InChI is InChI=1S/C17H21NO2.C10H17NO/c19-15(14-3-1-2-4-18-14)10-16-6-12-5-13(7-16)9-17(20,8-12)11-16;11-9-2-7-1-8(3-9)5-10(12,4-7)6-9/h1-4,12-13,20H,5-11H2;7-8,12H,1-6,11H2. The van der Waals surface area contributed by atoms with Crippen LogP contribution in [-0.2, 0) is 0 Å². The molecule has 5 nitrogen and oxygen atoms in total. The lowest BCUT2D eigenvalue weighted by Gasteiger charge is -2.60. The summed E-state index contributed by atoms with van der Waals surface area (Å²) in [6.45, 7) is 0. The number of hydrogen-bond acceptors (Lipinski definition) is 5. The van der Waals surface area contributed by atoms with Crippen LogP contribution in [0.4, 0.5) is 0 Å². The zero-order valence-electron chi connectivity index (χ0n) is 19.1. The highest BCUT2D eigenvalue weighted by Gasteiger charge is 2.58. The number of pyridine rings is 1.